The van der Waals surface area contributed by atoms with Gasteiger partial charge in [0.2, 0.25) is 5.91 Å². The minimum Gasteiger partial charge on any atom is -0.351 e. The van der Waals surface area contributed by atoms with Crippen LogP contribution in [0.1, 0.15) is 17.0 Å². The van der Waals surface area contributed by atoms with Crippen molar-refractivity contribution in [3.63, 3.8) is 0 Å². The highest BCUT2D eigenvalue weighted by Crippen LogP contribution is 2.10. The van der Waals surface area contributed by atoms with Crippen molar-refractivity contribution in [1.82, 2.24) is 15.6 Å². The summed E-state index contributed by atoms with van der Waals surface area (Å²) in [5, 5.41) is 5.78. The average Bonchev–Trinajstić information content (AvgIpc) is 2.58. The van der Waals surface area contributed by atoms with Crippen molar-refractivity contribution in [3.05, 3.63) is 16.1 Å². The molecule has 7 heteroatoms. The number of amides is 1. The predicted molar refractivity (Wildman–Crippen MR) is 71.7 cm³/mol. The van der Waals surface area contributed by atoms with E-state index in [0.29, 0.717) is 19.5 Å². The van der Waals surface area contributed by atoms with Crippen LogP contribution in [0.5, 0.6) is 0 Å². The summed E-state index contributed by atoms with van der Waals surface area (Å²) < 4.78 is 0. The third kappa shape index (κ3) is 6.27. The van der Waals surface area contributed by atoms with Gasteiger partial charge < -0.3 is 10.6 Å². The summed E-state index contributed by atoms with van der Waals surface area (Å²) in [4.78, 5) is 16.5. The van der Waals surface area contributed by atoms with Crippen molar-refractivity contribution in [3.8, 4) is 0 Å². The summed E-state index contributed by atoms with van der Waals surface area (Å²) >= 11 is 1.57. The lowest BCUT2D eigenvalue weighted by Crippen LogP contribution is -2.25. The summed E-state index contributed by atoms with van der Waals surface area (Å²) in [5.74, 6) is 0.0761. The molecule has 94 valence electrons. The first kappa shape index (κ1) is 18.0. The van der Waals surface area contributed by atoms with Gasteiger partial charge in [-0.1, -0.05) is 0 Å². The second kappa shape index (κ2) is 9.84. The molecule has 0 aliphatic rings. The van der Waals surface area contributed by atoms with E-state index in [2.05, 4.69) is 15.6 Å². The topological polar surface area (TPSA) is 54.0 Å². The molecule has 0 aromatic carbocycles. The Morgan fingerprint density at radius 1 is 1.50 bits per heavy atom. The highest BCUT2D eigenvalue weighted by atomic mass is 35.5. The Kier molecular flexibility index (Phi) is 11.1. The molecule has 2 N–H and O–H groups in total. The van der Waals surface area contributed by atoms with Gasteiger partial charge in [-0.15, -0.1) is 36.2 Å². The molecular weight excluding hydrogens is 269 g/mol. The van der Waals surface area contributed by atoms with Gasteiger partial charge in [0.15, 0.2) is 0 Å². The number of aromatic nitrogens is 1. The van der Waals surface area contributed by atoms with Crippen molar-refractivity contribution in [2.45, 2.75) is 19.9 Å². The Morgan fingerprint density at radius 2 is 2.19 bits per heavy atom. The number of hydrogen-bond donors (Lipinski definition) is 2. The molecule has 0 atom stereocenters. The maximum absolute atomic E-state index is 11.2. The van der Waals surface area contributed by atoms with Crippen LogP contribution in [-0.4, -0.2) is 24.5 Å². The minimum atomic E-state index is 0. The molecule has 0 saturated carbocycles. The molecule has 0 aliphatic heterocycles. The number of carbonyl (C=O) groups excluding carboxylic acids is 1. The number of thiazole rings is 1. The Morgan fingerprint density at radius 3 is 2.69 bits per heavy atom. The Hall–Kier alpha value is -0.360. The van der Waals surface area contributed by atoms with Crippen LogP contribution >= 0.6 is 36.2 Å². The van der Waals surface area contributed by atoms with E-state index in [-0.39, 0.29) is 30.7 Å². The lowest BCUT2D eigenvalue weighted by molar-refractivity contribution is -0.121. The minimum absolute atomic E-state index is 0. The smallest absolute Gasteiger partial charge is 0.221 e. The van der Waals surface area contributed by atoms with Crippen molar-refractivity contribution in [2.24, 2.45) is 0 Å². The van der Waals surface area contributed by atoms with Crippen molar-refractivity contribution >= 4 is 42.1 Å². The highest BCUT2D eigenvalue weighted by Gasteiger charge is 2.03. The molecule has 0 saturated heterocycles. The van der Waals surface area contributed by atoms with Gasteiger partial charge in [0.05, 0.1) is 17.7 Å². The number of carbonyl (C=O) groups is 1. The molecule has 0 aliphatic carbocycles. The van der Waals surface area contributed by atoms with Crippen LogP contribution in [0.4, 0.5) is 0 Å². The van der Waals surface area contributed by atoms with Gasteiger partial charge in [-0.25, -0.2) is 4.98 Å². The number of nitrogens with zero attached hydrogens (tertiary/aromatic N) is 1. The Bertz CT molecular complexity index is 307. The molecule has 1 aromatic heterocycles. The van der Waals surface area contributed by atoms with Crippen LogP contribution in [0.2, 0.25) is 0 Å². The molecule has 16 heavy (non-hydrogen) atoms. The van der Waals surface area contributed by atoms with Crippen LogP contribution in [0.3, 0.4) is 0 Å². The molecule has 4 nitrogen and oxygen atoms in total. The maximum atomic E-state index is 11.2. The average molecular weight is 286 g/mol. The van der Waals surface area contributed by atoms with Gasteiger partial charge in [0.1, 0.15) is 0 Å². The fraction of sp³-hybridized carbons (Fsp3) is 0.556. The molecule has 1 amide bonds. The molecule has 0 fully saturated rings. The van der Waals surface area contributed by atoms with E-state index >= 15 is 0 Å². The van der Waals surface area contributed by atoms with E-state index in [1.165, 1.54) is 0 Å². The van der Waals surface area contributed by atoms with Gasteiger partial charge in [-0.05, 0) is 14.0 Å². The molecule has 1 aromatic rings. The van der Waals surface area contributed by atoms with E-state index in [1.54, 1.807) is 16.8 Å². The molecular formula is C9H17Cl2N3OS. The first-order valence-corrected chi connectivity index (χ1v) is 5.42. The van der Waals surface area contributed by atoms with Crippen LogP contribution in [-0.2, 0) is 11.3 Å². The second-order valence-electron chi connectivity index (χ2n) is 2.99. The maximum Gasteiger partial charge on any atom is 0.221 e. The summed E-state index contributed by atoms with van der Waals surface area (Å²) in [5.41, 5.74) is 2.80. The predicted octanol–water partition coefficient (Wildman–Crippen LogP) is 1.52. The van der Waals surface area contributed by atoms with E-state index in [0.717, 1.165) is 10.6 Å². The zero-order chi connectivity index (χ0) is 10.4. The number of rotatable bonds is 5. The SMILES string of the molecule is CNCCC(=O)NCc1scnc1C.Cl.Cl. The molecule has 1 heterocycles. The highest BCUT2D eigenvalue weighted by molar-refractivity contribution is 7.09. The summed E-state index contributed by atoms with van der Waals surface area (Å²) in [7, 11) is 1.83. The zero-order valence-corrected chi connectivity index (χ0v) is 11.7. The fourth-order valence-corrected chi connectivity index (χ4v) is 1.72. The second-order valence-corrected chi connectivity index (χ2v) is 3.93. The van der Waals surface area contributed by atoms with Crippen molar-refractivity contribution < 1.29 is 4.79 Å². The monoisotopic (exact) mass is 285 g/mol. The van der Waals surface area contributed by atoms with Gasteiger partial charge in [-0.2, -0.15) is 0 Å². The third-order valence-corrected chi connectivity index (χ3v) is 2.83. The van der Waals surface area contributed by atoms with E-state index in [1.807, 2.05) is 14.0 Å². The molecule has 1 rings (SSSR count). The normalized spacial score (nSPS) is 8.88. The standard InChI is InChI=1S/C9H15N3OS.2ClH/c1-7-8(14-6-12-7)5-11-9(13)3-4-10-2;;/h6,10H,3-5H2,1-2H3,(H,11,13);2*1H. The lowest BCUT2D eigenvalue weighted by Gasteiger charge is -2.03. The lowest BCUT2D eigenvalue weighted by atomic mass is 10.3. The Labute approximate surface area is 112 Å². The van der Waals surface area contributed by atoms with Crippen LogP contribution in [0.25, 0.3) is 0 Å². The summed E-state index contributed by atoms with van der Waals surface area (Å²) in [6.07, 6.45) is 0.522. The van der Waals surface area contributed by atoms with Crippen LogP contribution in [0.15, 0.2) is 5.51 Å². The van der Waals surface area contributed by atoms with Gasteiger partial charge in [0, 0.05) is 17.8 Å². The molecule has 0 spiro atoms. The van der Waals surface area contributed by atoms with Crippen LogP contribution in [0, 0.1) is 6.92 Å². The first-order valence-electron chi connectivity index (χ1n) is 4.54. The van der Waals surface area contributed by atoms with E-state index in [4.69, 9.17) is 0 Å². The van der Waals surface area contributed by atoms with Crippen molar-refractivity contribution in [1.29, 1.82) is 0 Å². The Balaban J connectivity index is 0. The molecule has 0 radical (unpaired) electrons. The van der Waals surface area contributed by atoms with Gasteiger partial charge in [-0.3, -0.25) is 4.79 Å². The van der Waals surface area contributed by atoms with E-state index in [9.17, 15) is 4.79 Å². The quantitative estimate of drug-likeness (QED) is 0.863. The number of hydrogen-bond acceptors (Lipinski definition) is 4. The molecule has 0 unspecified atom stereocenters. The van der Waals surface area contributed by atoms with Crippen LogP contribution < -0.4 is 10.6 Å². The largest absolute Gasteiger partial charge is 0.351 e. The number of aryl methyl sites for hydroxylation is 1. The summed E-state index contributed by atoms with van der Waals surface area (Å²) in [6.45, 7) is 3.26. The van der Waals surface area contributed by atoms with Gasteiger partial charge >= 0.3 is 0 Å². The number of halogens is 2. The van der Waals surface area contributed by atoms with E-state index < -0.39 is 0 Å². The third-order valence-electron chi connectivity index (χ3n) is 1.89. The number of nitrogens with one attached hydrogen (secondary N) is 2. The summed E-state index contributed by atoms with van der Waals surface area (Å²) in [6, 6.07) is 0. The fourth-order valence-electron chi connectivity index (χ4n) is 1.00. The first-order chi connectivity index (χ1) is 6.74. The van der Waals surface area contributed by atoms with Crippen molar-refractivity contribution in [2.75, 3.05) is 13.6 Å². The zero-order valence-electron chi connectivity index (χ0n) is 9.28. The molecule has 0 bridgehead atoms. The van der Waals surface area contributed by atoms with Gasteiger partial charge in [0.25, 0.3) is 0 Å².